The molecule has 2 rings (SSSR count). The molecule has 1 heterocycles. The third-order valence-corrected chi connectivity index (χ3v) is 2.22. The first-order chi connectivity index (χ1) is 8.13. The molecule has 1 aromatic carbocycles. The number of hydrazone groups is 1. The summed E-state index contributed by atoms with van der Waals surface area (Å²) in [5.41, 5.74) is 3.38. The van der Waals surface area contributed by atoms with Crippen molar-refractivity contribution in [1.29, 1.82) is 0 Å². The van der Waals surface area contributed by atoms with E-state index in [-0.39, 0.29) is 18.2 Å². The number of benzene rings is 1. The van der Waals surface area contributed by atoms with Crippen LogP contribution < -0.4 is 16.1 Å². The van der Waals surface area contributed by atoms with Gasteiger partial charge in [-0.1, -0.05) is 17.7 Å². The molecule has 1 aliphatic heterocycles. The Morgan fingerprint density at radius 2 is 2.12 bits per heavy atom. The van der Waals surface area contributed by atoms with Gasteiger partial charge in [-0.15, -0.1) is 0 Å². The number of amidine groups is 1. The van der Waals surface area contributed by atoms with Gasteiger partial charge in [0.1, 0.15) is 5.84 Å². The number of hydrogen-bond donors (Lipinski definition) is 3. The van der Waals surface area contributed by atoms with E-state index in [9.17, 15) is 9.59 Å². The highest BCUT2D eigenvalue weighted by Crippen LogP contribution is 2.14. The molecule has 0 atom stereocenters. The standard InChI is InChI=1S/C10H9ClN4O2/c11-6-2-1-3-7(4-6)14-15-8-5-9(16)13-10(17)12-8/h1-4,14H,5H2,(H2,12,13,15,16,17). The minimum absolute atomic E-state index is 0.0271. The summed E-state index contributed by atoms with van der Waals surface area (Å²) in [6.45, 7) is 0. The van der Waals surface area contributed by atoms with Crippen LogP contribution in [0, 0.1) is 0 Å². The second-order valence-electron chi connectivity index (χ2n) is 3.36. The van der Waals surface area contributed by atoms with E-state index in [1.807, 2.05) is 0 Å². The highest BCUT2D eigenvalue weighted by Gasteiger charge is 2.19. The lowest BCUT2D eigenvalue weighted by atomic mass is 10.3. The number of carbonyl (C=O) groups is 2. The second kappa shape index (κ2) is 4.84. The molecule has 0 radical (unpaired) electrons. The molecule has 0 aromatic heterocycles. The highest BCUT2D eigenvalue weighted by molar-refractivity contribution is 6.30. The molecule has 88 valence electrons. The molecular formula is C10H9ClN4O2. The van der Waals surface area contributed by atoms with Crippen molar-refractivity contribution in [1.82, 2.24) is 10.6 Å². The number of halogens is 1. The molecule has 17 heavy (non-hydrogen) atoms. The lowest BCUT2D eigenvalue weighted by Gasteiger charge is -2.14. The van der Waals surface area contributed by atoms with Crippen LogP contribution in [0.4, 0.5) is 10.5 Å². The van der Waals surface area contributed by atoms with Gasteiger partial charge in [-0.25, -0.2) is 4.79 Å². The molecule has 0 saturated carbocycles. The predicted molar refractivity (Wildman–Crippen MR) is 63.8 cm³/mol. The van der Waals surface area contributed by atoms with Gasteiger partial charge in [0.2, 0.25) is 5.91 Å². The number of hydrogen-bond acceptors (Lipinski definition) is 4. The molecule has 1 aliphatic rings. The van der Waals surface area contributed by atoms with Crippen LogP contribution in [-0.2, 0) is 4.79 Å². The van der Waals surface area contributed by atoms with Gasteiger partial charge in [-0.05, 0) is 18.2 Å². The number of carbonyl (C=O) groups excluding carboxylic acids is 2. The molecule has 1 aromatic rings. The highest BCUT2D eigenvalue weighted by atomic mass is 35.5. The Morgan fingerprint density at radius 3 is 2.82 bits per heavy atom. The summed E-state index contributed by atoms with van der Waals surface area (Å²) in [4.78, 5) is 22.0. The number of nitrogens with one attached hydrogen (secondary N) is 3. The minimum atomic E-state index is -0.576. The largest absolute Gasteiger partial charge is 0.326 e. The van der Waals surface area contributed by atoms with E-state index >= 15 is 0 Å². The van der Waals surface area contributed by atoms with Gasteiger partial charge in [-0.2, -0.15) is 5.10 Å². The molecule has 7 heteroatoms. The Labute approximate surface area is 102 Å². The first kappa shape index (κ1) is 11.4. The SMILES string of the molecule is O=C1CC(=NNc2cccc(Cl)c2)NC(=O)N1. The summed E-state index contributed by atoms with van der Waals surface area (Å²) in [5, 5.41) is 8.99. The number of anilines is 1. The van der Waals surface area contributed by atoms with Gasteiger partial charge >= 0.3 is 6.03 Å². The molecule has 0 unspecified atom stereocenters. The van der Waals surface area contributed by atoms with Crippen LogP contribution in [0.5, 0.6) is 0 Å². The Bertz CT molecular complexity index is 483. The third kappa shape index (κ3) is 3.18. The van der Waals surface area contributed by atoms with E-state index in [0.29, 0.717) is 10.7 Å². The van der Waals surface area contributed by atoms with Gasteiger partial charge in [0.15, 0.2) is 0 Å². The summed E-state index contributed by atoms with van der Waals surface area (Å²) in [6.07, 6.45) is 0.0271. The summed E-state index contributed by atoms with van der Waals surface area (Å²) < 4.78 is 0. The molecule has 3 N–H and O–H groups in total. The summed E-state index contributed by atoms with van der Waals surface area (Å²) in [5.74, 6) is -0.126. The molecule has 1 saturated heterocycles. The second-order valence-corrected chi connectivity index (χ2v) is 3.80. The topological polar surface area (TPSA) is 82.6 Å². The molecular weight excluding hydrogens is 244 g/mol. The first-order valence-electron chi connectivity index (χ1n) is 4.82. The Morgan fingerprint density at radius 1 is 1.29 bits per heavy atom. The fraction of sp³-hybridized carbons (Fsp3) is 0.100. The van der Waals surface area contributed by atoms with E-state index < -0.39 is 6.03 Å². The van der Waals surface area contributed by atoms with Gasteiger partial charge in [0.05, 0.1) is 12.1 Å². The number of imide groups is 1. The Hall–Kier alpha value is -2.08. The molecule has 0 aliphatic carbocycles. The van der Waals surface area contributed by atoms with Crippen LogP contribution in [0.15, 0.2) is 29.4 Å². The Kier molecular flexibility index (Phi) is 3.24. The molecule has 0 spiro atoms. The van der Waals surface area contributed by atoms with E-state index in [4.69, 9.17) is 11.6 Å². The van der Waals surface area contributed by atoms with Crippen molar-refractivity contribution in [3.8, 4) is 0 Å². The average molecular weight is 253 g/mol. The Balaban J connectivity index is 2.05. The normalized spacial score (nSPS) is 17.6. The van der Waals surface area contributed by atoms with Gasteiger partial charge in [0, 0.05) is 5.02 Å². The van der Waals surface area contributed by atoms with Crippen LogP contribution in [-0.4, -0.2) is 17.8 Å². The summed E-state index contributed by atoms with van der Waals surface area (Å²) in [6, 6.07) is 6.36. The lowest BCUT2D eigenvalue weighted by Crippen LogP contribution is -2.50. The van der Waals surface area contributed by atoms with Crippen LogP contribution in [0.1, 0.15) is 6.42 Å². The minimum Gasteiger partial charge on any atom is -0.294 e. The third-order valence-electron chi connectivity index (χ3n) is 1.98. The van der Waals surface area contributed by atoms with Crippen molar-refractivity contribution in [2.45, 2.75) is 6.42 Å². The van der Waals surface area contributed by atoms with E-state index in [0.717, 1.165) is 0 Å². The fourth-order valence-corrected chi connectivity index (χ4v) is 1.48. The van der Waals surface area contributed by atoms with Crippen LogP contribution >= 0.6 is 11.6 Å². The molecule has 3 amide bonds. The van der Waals surface area contributed by atoms with E-state index in [1.165, 1.54) is 0 Å². The lowest BCUT2D eigenvalue weighted by molar-refractivity contribution is -0.119. The van der Waals surface area contributed by atoms with Crippen molar-refractivity contribution in [2.24, 2.45) is 5.10 Å². The maximum absolute atomic E-state index is 11.0. The zero-order valence-electron chi connectivity index (χ0n) is 8.66. The quantitative estimate of drug-likeness (QED) is 0.694. The first-order valence-corrected chi connectivity index (χ1v) is 5.20. The van der Waals surface area contributed by atoms with Crippen molar-refractivity contribution in [2.75, 3.05) is 5.43 Å². The van der Waals surface area contributed by atoms with Crippen molar-refractivity contribution in [3.63, 3.8) is 0 Å². The average Bonchev–Trinajstić information content (AvgIpc) is 2.25. The summed E-state index contributed by atoms with van der Waals surface area (Å²) in [7, 11) is 0. The van der Waals surface area contributed by atoms with Crippen molar-refractivity contribution >= 4 is 35.1 Å². The number of nitrogens with zero attached hydrogens (tertiary/aromatic N) is 1. The predicted octanol–water partition coefficient (Wildman–Crippen LogP) is 1.29. The smallest absolute Gasteiger partial charge is 0.294 e. The van der Waals surface area contributed by atoms with Crippen LogP contribution in [0.2, 0.25) is 5.02 Å². The molecule has 6 nitrogen and oxygen atoms in total. The van der Waals surface area contributed by atoms with Crippen LogP contribution in [0.25, 0.3) is 0 Å². The number of rotatable bonds is 2. The monoisotopic (exact) mass is 252 g/mol. The van der Waals surface area contributed by atoms with E-state index in [1.54, 1.807) is 24.3 Å². The van der Waals surface area contributed by atoms with Gasteiger partial charge in [-0.3, -0.25) is 20.9 Å². The number of amides is 3. The molecule has 1 fully saturated rings. The van der Waals surface area contributed by atoms with Crippen molar-refractivity contribution in [3.05, 3.63) is 29.3 Å². The van der Waals surface area contributed by atoms with Gasteiger partial charge in [0.25, 0.3) is 0 Å². The zero-order valence-corrected chi connectivity index (χ0v) is 9.41. The zero-order chi connectivity index (χ0) is 12.3. The van der Waals surface area contributed by atoms with E-state index in [2.05, 4.69) is 21.2 Å². The number of urea groups is 1. The molecule has 0 bridgehead atoms. The van der Waals surface area contributed by atoms with Crippen molar-refractivity contribution < 1.29 is 9.59 Å². The van der Waals surface area contributed by atoms with Crippen LogP contribution in [0.3, 0.4) is 0 Å². The van der Waals surface area contributed by atoms with Gasteiger partial charge < -0.3 is 0 Å². The maximum atomic E-state index is 11.0. The maximum Gasteiger partial charge on any atom is 0.326 e. The summed E-state index contributed by atoms with van der Waals surface area (Å²) >= 11 is 5.79. The fourth-order valence-electron chi connectivity index (χ4n) is 1.29.